The van der Waals surface area contributed by atoms with Gasteiger partial charge in [0.25, 0.3) is 0 Å². The molecule has 0 spiro atoms. The van der Waals surface area contributed by atoms with Crippen molar-refractivity contribution in [3.05, 3.63) is 23.8 Å². The average Bonchev–Trinajstić information content (AvgIpc) is 2.38. The highest BCUT2D eigenvalue weighted by Gasteiger charge is 2.09. The molecule has 5 heteroatoms. The van der Waals surface area contributed by atoms with Crippen LogP contribution in [0.15, 0.2) is 18.2 Å². The van der Waals surface area contributed by atoms with Crippen molar-refractivity contribution in [2.24, 2.45) is 0 Å². The van der Waals surface area contributed by atoms with Crippen LogP contribution in [0.5, 0.6) is 5.75 Å². The van der Waals surface area contributed by atoms with Crippen molar-refractivity contribution in [1.29, 1.82) is 0 Å². The highest BCUT2D eigenvalue weighted by atomic mass is 16.5. The lowest BCUT2D eigenvalue weighted by Gasteiger charge is -2.07. The number of carbonyl (C=O) groups excluding carboxylic acids is 1. The monoisotopic (exact) mass is 253 g/mol. The Labute approximate surface area is 107 Å². The van der Waals surface area contributed by atoms with Crippen molar-refractivity contribution in [3.63, 3.8) is 0 Å². The third kappa shape index (κ3) is 4.25. The second kappa shape index (κ2) is 7.55. The summed E-state index contributed by atoms with van der Waals surface area (Å²) in [6, 6.07) is 4.83. The number of carbonyl (C=O) groups is 1. The predicted molar refractivity (Wildman–Crippen MR) is 68.8 cm³/mol. The number of esters is 1. The molecule has 0 aliphatic rings. The molecule has 0 heterocycles. The number of benzene rings is 1. The normalized spacial score (nSPS) is 10.1. The van der Waals surface area contributed by atoms with Gasteiger partial charge in [-0.25, -0.2) is 4.79 Å². The van der Waals surface area contributed by atoms with E-state index in [4.69, 9.17) is 19.9 Å². The van der Waals surface area contributed by atoms with E-state index < -0.39 is 0 Å². The Balaban J connectivity index is 2.44. The zero-order valence-corrected chi connectivity index (χ0v) is 10.8. The third-order valence-electron chi connectivity index (χ3n) is 2.44. The Morgan fingerprint density at radius 2 is 1.94 bits per heavy atom. The Bertz CT molecular complexity index is 393. The summed E-state index contributed by atoms with van der Waals surface area (Å²) in [5.41, 5.74) is 6.57. The minimum atomic E-state index is -0.373. The van der Waals surface area contributed by atoms with Gasteiger partial charge in [-0.15, -0.1) is 0 Å². The maximum absolute atomic E-state index is 11.7. The van der Waals surface area contributed by atoms with Gasteiger partial charge in [-0.2, -0.15) is 0 Å². The van der Waals surface area contributed by atoms with Crippen LogP contribution in [0, 0.1) is 0 Å². The lowest BCUT2D eigenvalue weighted by atomic mass is 10.2. The highest BCUT2D eigenvalue weighted by molar-refractivity contribution is 5.91. The molecule has 5 nitrogen and oxygen atoms in total. The number of hydrogen-bond acceptors (Lipinski definition) is 5. The SMILES string of the molecule is COCCCCOC(=O)c1ccc(OC)c(N)c1. The smallest absolute Gasteiger partial charge is 0.338 e. The molecular weight excluding hydrogens is 234 g/mol. The van der Waals surface area contributed by atoms with Crippen molar-refractivity contribution in [2.75, 3.05) is 33.2 Å². The van der Waals surface area contributed by atoms with E-state index in [0.717, 1.165) is 12.8 Å². The van der Waals surface area contributed by atoms with Crippen LogP contribution in [-0.2, 0) is 9.47 Å². The Morgan fingerprint density at radius 3 is 2.56 bits per heavy atom. The quantitative estimate of drug-likeness (QED) is 0.456. The minimum absolute atomic E-state index is 0.373. The van der Waals surface area contributed by atoms with Crippen LogP contribution in [-0.4, -0.2) is 33.4 Å². The van der Waals surface area contributed by atoms with E-state index >= 15 is 0 Å². The number of nitrogen functional groups attached to an aromatic ring is 1. The molecule has 1 rings (SSSR count). The molecule has 100 valence electrons. The average molecular weight is 253 g/mol. The van der Waals surface area contributed by atoms with Gasteiger partial charge in [0.1, 0.15) is 5.75 Å². The summed E-state index contributed by atoms with van der Waals surface area (Å²) in [5, 5.41) is 0. The number of nitrogens with two attached hydrogens (primary N) is 1. The Kier molecular flexibility index (Phi) is 6.00. The molecule has 0 bridgehead atoms. The molecule has 2 N–H and O–H groups in total. The van der Waals surface area contributed by atoms with Crippen LogP contribution in [0.25, 0.3) is 0 Å². The summed E-state index contributed by atoms with van der Waals surface area (Å²) in [6.07, 6.45) is 1.65. The number of hydrogen-bond donors (Lipinski definition) is 1. The van der Waals surface area contributed by atoms with Gasteiger partial charge in [0.15, 0.2) is 0 Å². The summed E-state index contributed by atoms with van der Waals surface area (Å²) in [7, 11) is 3.17. The van der Waals surface area contributed by atoms with Gasteiger partial charge in [0, 0.05) is 13.7 Å². The molecule has 0 amide bonds. The van der Waals surface area contributed by atoms with Crippen LogP contribution in [0.1, 0.15) is 23.2 Å². The third-order valence-corrected chi connectivity index (χ3v) is 2.44. The molecule has 0 aliphatic heterocycles. The first-order valence-electron chi connectivity index (χ1n) is 5.78. The van der Waals surface area contributed by atoms with E-state index in [9.17, 15) is 4.79 Å². The molecule has 0 saturated carbocycles. The number of ether oxygens (including phenoxy) is 3. The van der Waals surface area contributed by atoms with Crippen LogP contribution in [0.2, 0.25) is 0 Å². The van der Waals surface area contributed by atoms with Gasteiger partial charge in [-0.05, 0) is 31.0 Å². The minimum Gasteiger partial charge on any atom is -0.495 e. The van der Waals surface area contributed by atoms with E-state index in [0.29, 0.717) is 30.2 Å². The molecule has 18 heavy (non-hydrogen) atoms. The summed E-state index contributed by atoms with van der Waals surface area (Å²) in [6.45, 7) is 1.06. The van der Waals surface area contributed by atoms with Crippen molar-refractivity contribution >= 4 is 11.7 Å². The fourth-order valence-electron chi connectivity index (χ4n) is 1.46. The number of anilines is 1. The first-order chi connectivity index (χ1) is 8.69. The van der Waals surface area contributed by atoms with Gasteiger partial charge >= 0.3 is 5.97 Å². The second-order valence-corrected chi connectivity index (χ2v) is 3.79. The highest BCUT2D eigenvalue weighted by Crippen LogP contribution is 2.22. The molecule has 1 aromatic carbocycles. The Morgan fingerprint density at radius 1 is 1.22 bits per heavy atom. The van der Waals surface area contributed by atoms with E-state index in [1.54, 1.807) is 25.3 Å². The zero-order chi connectivity index (χ0) is 13.4. The molecule has 0 aliphatic carbocycles. The maximum Gasteiger partial charge on any atom is 0.338 e. The Hall–Kier alpha value is -1.75. The first-order valence-corrected chi connectivity index (χ1v) is 5.78. The topological polar surface area (TPSA) is 70.8 Å². The summed E-state index contributed by atoms with van der Waals surface area (Å²) in [4.78, 5) is 11.7. The zero-order valence-electron chi connectivity index (χ0n) is 10.8. The summed E-state index contributed by atoms with van der Waals surface area (Å²) < 4.78 is 15.0. The van der Waals surface area contributed by atoms with Gasteiger partial charge < -0.3 is 19.9 Å². The first kappa shape index (κ1) is 14.3. The largest absolute Gasteiger partial charge is 0.495 e. The molecule has 0 radical (unpaired) electrons. The fraction of sp³-hybridized carbons (Fsp3) is 0.462. The number of unbranched alkanes of at least 4 members (excludes halogenated alkanes) is 1. The molecular formula is C13H19NO4. The number of methoxy groups -OCH3 is 2. The van der Waals surface area contributed by atoms with Crippen molar-refractivity contribution in [2.45, 2.75) is 12.8 Å². The van der Waals surface area contributed by atoms with E-state index in [1.165, 1.54) is 7.11 Å². The standard InChI is InChI=1S/C13H19NO4/c1-16-7-3-4-8-18-13(15)10-5-6-12(17-2)11(14)9-10/h5-6,9H,3-4,7-8,14H2,1-2H3. The summed E-state index contributed by atoms with van der Waals surface area (Å²) >= 11 is 0. The van der Waals surface area contributed by atoms with Crippen LogP contribution >= 0.6 is 0 Å². The van der Waals surface area contributed by atoms with Gasteiger partial charge in [0.2, 0.25) is 0 Å². The molecule has 0 unspecified atom stereocenters. The van der Waals surface area contributed by atoms with Gasteiger partial charge in [-0.1, -0.05) is 0 Å². The molecule has 0 aromatic heterocycles. The van der Waals surface area contributed by atoms with Crippen LogP contribution < -0.4 is 10.5 Å². The van der Waals surface area contributed by atoms with Crippen LogP contribution in [0.4, 0.5) is 5.69 Å². The van der Waals surface area contributed by atoms with E-state index in [2.05, 4.69) is 0 Å². The van der Waals surface area contributed by atoms with Crippen molar-refractivity contribution < 1.29 is 19.0 Å². The van der Waals surface area contributed by atoms with Crippen molar-refractivity contribution in [1.82, 2.24) is 0 Å². The lowest BCUT2D eigenvalue weighted by molar-refractivity contribution is 0.0489. The molecule has 0 atom stereocenters. The van der Waals surface area contributed by atoms with Gasteiger partial charge in [-0.3, -0.25) is 0 Å². The second-order valence-electron chi connectivity index (χ2n) is 3.79. The predicted octanol–water partition coefficient (Wildman–Crippen LogP) is 1.86. The van der Waals surface area contributed by atoms with Crippen molar-refractivity contribution in [3.8, 4) is 5.75 Å². The number of rotatable bonds is 7. The van der Waals surface area contributed by atoms with Gasteiger partial charge in [0.05, 0.1) is 25.0 Å². The van der Waals surface area contributed by atoms with Crippen LogP contribution in [0.3, 0.4) is 0 Å². The molecule has 1 aromatic rings. The lowest BCUT2D eigenvalue weighted by Crippen LogP contribution is -2.08. The molecule has 0 fully saturated rings. The molecule has 0 saturated heterocycles. The summed E-state index contributed by atoms with van der Waals surface area (Å²) in [5.74, 6) is 0.174. The van der Waals surface area contributed by atoms with E-state index in [-0.39, 0.29) is 5.97 Å². The van der Waals surface area contributed by atoms with E-state index in [1.807, 2.05) is 0 Å². The maximum atomic E-state index is 11.7. The fourth-order valence-corrected chi connectivity index (χ4v) is 1.46.